The molecule has 4 rings (SSSR count). The van der Waals surface area contributed by atoms with Crippen LogP contribution in [0, 0.1) is 20.8 Å². The molecule has 0 aliphatic carbocycles. The van der Waals surface area contributed by atoms with Crippen molar-refractivity contribution in [3.05, 3.63) is 80.9 Å². The number of fused-ring (bicyclic) bond motifs is 2. The zero-order valence-corrected chi connectivity index (χ0v) is 24.4. The van der Waals surface area contributed by atoms with Crippen LogP contribution >= 0.6 is 11.8 Å². The van der Waals surface area contributed by atoms with E-state index in [1.54, 1.807) is 13.2 Å². The molecule has 9 nitrogen and oxygen atoms in total. The van der Waals surface area contributed by atoms with Crippen molar-refractivity contribution in [1.82, 2.24) is 10.6 Å². The van der Waals surface area contributed by atoms with Gasteiger partial charge in [0.15, 0.2) is 0 Å². The predicted molar refractivity (Wildman–Crippen MR) is 159 cm³/mol. The largest absolute Gasteiger partial charge is 0.480 e. The Hall–Kier alpha value is -4.05. The number of aliphatic carboxylic acids is 1. The van der Waals surface area contributed by atoms with E-state index in [9.17, 15) is 24.3 Å². The molecule has 41 heavy (non-hydrogen) atoms. The van der Waals surface area contributed by atoms with Gasteiger partial charge >= 0.3 is 11.6 Å². The minimum absolute atomic E-state index is 0.170. The molecule has 2 amide bonds. The lowest BCUT2D eigenvalue weighted by molar-refractivity contribution is -0.141. The van der Waals surface area contributed by atoms with Crippen molar-refractivity contribution in [2.45, 2.75) is 64.8 Å². The molecule has 4 aromatic rings. The van der Waals surface area contributed by atoms with Crippen molar-refractivity contribution < 1.29 is 28.3 Å². The number of nitrogens with one attached hydrogen (secondary N) is 2. The summed E-state index contributed by atoms with van der Waals surface area (Å²) < 4.78 is 11.3. The first kappa shape index (κ1) is 29.9. The molecule has 0 saturated heterocycles. The van der Waals surface area contributed by atoms with Gasteiger partial charge in [-0.05, 0) is 49.9 Å². The standard InChI is InChI=1S/C31H34N2O7S/c1-5-9-24(29(35)33-25(30(36)37)16-41-15-20-10-7-6-8-11-20)32-26(34)13-23-18(3)22-12-21-17(2)14-39-27(21)19(4)28(22)40-31(23)38/h6-8,10-12,14,24-25H,5,9,13,15-16H2,1-4H3,(H,32,34)(H,33,35)(H,36,37)/t24-,25+/m0/s1. The fourth-order valence-corrected chi connectivity index (χ4v) is 5.81. The Morgan fingerprint density at radius 2 is 1.71 bits per heavy atom. The van der Waals surface area contributed by atoms with Gasteiger partial charge in [0.25, 0.3) is 0 Å². The summed E-state index contributed by atoms with van der Waals surface area (Å²) in [7, 11) is 0. The van der Waals surface area contributed by atoms with E-state index in [-0.39, 0.29) is 17.7 Å². The molecule has 3 N–H and O–H groups in total. The van der Waals surface area contributed by atoms with E-state index in [1.165, 1.54) is 11.8 Å². The van der Waals surface area contributed by atoms with Crippen molar-refractivity contribution in [2.75, 3.05) is 5.75 Å². The van der Waals surface area contributed by atoms with Crippen molar-refractivity contribution in [3.8, 4) is 0 Å². The molecule has 0 spiro atoms. The van der Waals surface area contributed by atoms with Gasteiger partial charge < -0.3 is 24.6 Å². The lowest BCUT2D eigenvalue weighted by Crippen LogP contribution is -2.52. The van der Waals surface area contributed by atoms with Crippen LogP contribution in [0.15, 0.2) is 56.3 Å². The second-order valence-corrected chi connectivity index (χ2v) is 11.2. The Morgan fingerprint density at radius 3 is 2.39 bits per heavy atom. The fourth-order valence-electron chi connectivity index (χ4n) is 4.80. The average molecular weight is 579 g/mol. The number of hydrogen-bond donors (Lipinski definition) is 3. The van der Waals surface area contributed by atoms with Gasteiger partial charge in [0.1, 0.15) is 23.2 Å². The lowest BCUT2D eigenvalue weighted by atomic mass is 9.99. The lowest BCUT2D eigenvalue weighted by Gasteiger charge is -2.21. The van der Waals surface area contributed by atoms with Crippen molar-refractivity contribution >= 4 is 51.5 Å². The molecule has 2 aromatic carbocycles. The molecular weight excluding hydrogens is 544 g/mol. The third kappa shape index (κ3) is 6.82. The van der Waals surface area contributed by atoms with E-state index in [4.69, 9.17) is 8.83 Å². The quantitative estimate of drug-likeness (QED) is 0.204. The molecule has 0 aliphatic heterocycles. The van der Waals surface area contributed by atoms with Crippen molar-refractivity contribution in [3.63, 3.8) is 0 Å². The summed E-state index contributed by atoms with van der Waals surface area (Å²) in [6, 6.07) is 9.46. The first-order chi connectivity index (χ1) is 19.6. The Bertz CT molecular complexity index is 1640. The number of amides is 2. The highest BCUT2D eigenvalue weighted by atomic mass is 32.2. The maximum absolute atomic E-state index is 13.1. The highest BCUT2D eigenvalue weighted by Gasteiger charge is 2.27. The maximum atomic E-state index is 13.1. The number of carbonyl (C=O) groups excluding carboxylic acids is 2. The number of aryl methyl sites for hydroxylation is 3. The molecule has 10 heteroatoms. The summed E-state index contributed by atoms with van der Waals surface area (Å²) in [5.41, 5.74) is 3.95. The van der Waals surface area contributed by atoms with E-state index in [0.29, 0.717) is 46.3 Å². The molecule has 0 fully saturated rings. The van der Waals surface area contributed by atoms with Crippen molar-refractivity contribution in [1.29, 1.82) is 0 Å². The van der Waals surface area contributed by atoms with Crippen LogP contribution in [0.2, 0.25) is 0 Å². The second-order valence-electron chi connectivity index (χ2n) is 10.2. The number of carboxylic acid groups (broad SMARTS) is 1. The number of rotatable bonds is 12. The molecule has 216 valence electrons. The minimum Gasteiger partial charge on any atom is -0.480 e. The zero-order valence-electron chi connectivity index (χ0n) is 23.5. The van der Waals surface area contributed by atoms with Crippen LogP contribution in [0.3, 0.4) is 0 Å². The Morgan fingerprint density at radius 1 is 0.976 bits per heavy atom. The van der Waals surface area contributed by atoms with Gasteiger partial charge in [-0.3, -0.25) is 9.59 Å². The third-order valence-corrected chi connectivity index (χ3v) is 8.22. The van der Waals surface area contributed by atoms with Gasteiger partial charge in [-0.25, -0.2) is 9.59 Å². The summed E-state index contributed by atoms with van der Waals surface area (Å²) >= 11 is 1.40. The van der Waals surface area contributed by atoms with Crippen LogP contribution in [0.4, 0.5) is 0 Å². The molecule has 0 unspecified atom stereocenters. The van der Waals surface area contributed by atoms with Gasteiger partial charge in [0.2, 0.25) is 11.8 Å². The van der Waals surface area contributed by atoms with Gasteiger partial charge in [-0.15, -0.1) is 0 Å². The summed E-state index contributed by atoms with van der Waals surface area (Å²) in [6.45, 7) is 7.37. The number of furan rings is 1. The van der Waals surface area contributed by atoms with E-state index in [1.807, 2.05) is 57.2 Å². The van der Waals surface area contributed by atoms with Gasteiger partial charge in [-0.1, -0.05) is 43.7 Å². The number of benzene rings is 2. The molecular formula is C31H34N2O7S. The Labute approximate surface area is 241 Å². The van der Waals surface area contributed by atoms with E-state index >= 15 is 0 Å². The van der Waals surface area contributed by atoms with Crippen LogP contribution < -0.4 is 16.3 Å². The Balaban J connectivity index is 1.46. The zero-order chi connectivity index (χ0) is 29.7. The van der Waals surface area contributed by atoms with Gasteiger partial charge in [-0.2, -0.15) is 11.8 Å². The van der Waals surface area contributed by atoms with Gasteiger partial charge in [0.05, 0.1) is 18.2 Å². The van der Waals surface area contributed by atoms with E-state index < -0.39 is 35.5 Å². The van der Waals surface area contributed by atoms with Gasteiger partial charge in [0, 0.05) is 27.8 Å². The molecule has 0 bridgehead atoms. The van der Waals surface area contributed by atoms with Crippen LogP contribution in [-0.2, 0) is 26.6 Å². The average Bonchev–Trinajstić information content (AvgIpc) is 3.32. The minimum atomic E-state index is -1.15. The van der Waals surface area contributed by atoms with E-state index in [0.717, 1.165) is 16.5 Å². The Kier molecular flexibility index (Phi) is 9.54. The third-order valence-electron chi connectivity index (χ3n) is 7.11. The molecule has 2 heterocycles. The first-order valence-corrected chi connectivity index (χ1v) is 14.6. The monoisotopic (exact) mass is 578 g/mol. The van der Waals surface area contributed by atoms with Crippen LogP contribution in [0.5, 0.6) is 0 Å². The molecule has 0 saturated carbocycles. The van der Waals surface area contributed by atoms with Crippen molar-refractivity contribution in [2.24, 2.45) is 0 Å². The number of hydrogen-bond acceptors (Lipinski definition) is 7. The van der Waals surface area contributed by atoms with Crippen LogP contribution in [0.1, 0.15) is 47.6 Å². The highest BCUT2D eigenvalue weighted by Crippen LogP contribution is 2.32. The summed E-state index contributed by atoms with van der Waals surface area (Å²) in [4.78, 5) is 50.9. The summed E-state index contributed by atoms with van der Waals surface area (Å²) in [5, 5.41) is 16.5. The summed E-state index contributed by atoms with van der Waals surface area (Å²) in [5.74, 6) is -1.49. The van der Waals surface area contributed by atoms with E-state index in [2.05, 4.69) is 10.6 Å². The fraction of sp³-hybridized carbons (Fsp3) is 0.355. The molecule has 0 aliphatic rings. The topological polar surface area (TPSA) is 139 Å². The van der Waals surface area contributed by atoms with Crippen LogP contribution in [0.25, 0.3) is 21.9 Å². The highest BCUT2D eigenvalue weighted by molar-refractivity contribution is 7.98. The maximum Gasteiger partial charge on any atom is 0.340 e. The molecule has 2 atom stereocenters. The number of carboxylic acids is 1. The second kappa shape index (κ2) is 13.1. The smallest absolute Gasteiger partial charge is 0.340 e. The molecule has 2 aromatic heterocycles. The predicted octanol–water partition coefficient (Wildman–Crippen LogP) is 4.79. The SMILES string of the molecule is CCC[C@H](NC(=O)Cc1c(C)c2cc3c(C)coc3c(C)c2oc1=O)C(=O)N[C@H](CSCc1ccccc1)C(=O)O. The summed E-state index contributed by atoms with van der Waals surface area (Å²) in [6.07, 6.45) is 2.25. The molecule has 0 radical (unpaired) electrons. The normalized spacial score (nSPS) is 12.8. The number of carbonyl (C=O) groups is 3. The number of thioether (sulfide) groups is 1. The van der Waals surface area contributed by atoms with Crippen LogP contribution in [-0.4, -0.2) is 40.7 Å². The first-order valence-electron chi connectivity index (χ1n) is 13.5.